The number of aryl methyl sites for hydroxylation is 1. The van der Waals surface area contributed by atoms with E-state index in [9.17, 15) is 14.4 Å². The summed E-state index contributed by atoms with van der Waals surface area (Å²) in [5.41, 5.74) is 10.6. The predicted molar refractivity (Wildman–Crippen MR) is 239 cm³/mol. The van der Waals surface area contributed by atoms with Gasteiger partial charge in [0.2, 0.25) is 5.91 Å². The number of methoxy groups -OCH3 is 1. The number of benzene rings is 4. The van der Waals surface area contributed by atoms with Crippen molar-refractivity contribution >= 4 is 57.2 Å². The summed E-state index contributed by atoms with van der Waals surface area (Å²) in [4.78, 5) is 35.0. The van der Waals surface area contributed by atoms with Crippen LogP contribution in [-0.4, -0.2) is 36.8 Å². The lowest BCUT2D eigenvalue weighted by molar-refractivity contribution is -0.145. The smallest absolute Gasteiger partial charge is 0.306 e. The Morgan fingerprint density at radius 3 is 2.12 bits per heavy atom. The molecule has 1 heterocycles. The molecule has 0 bridgehead atoms. The number of carbonyl (C=O) groups is 3. The highest BCUT2D eigenvalue weighted by atomic mass is 32.1. The fourth-order valence-corrected chi connectivity index (χ4v) is 5.55. The van der Waals surface area contributed by atoms with Crippen LogP contribution >= 0.6 is 12.6 Å². The van der Waals surface area contributed by atoms with Gasteiger partial charge in [-0.25, -0.2) is 0 Å². The topological polar surface area (TPSA) is 130 Å². The number of fused-ring (bicyclic) bond motifs is 3. The number of para-hydroxylation sites is 1. The standard InChI is InChI=1S/C32H37NO6.C8H9NOS.C3H6.2C2H6/c1-4-24(5-2)33-31(34)11-8-18-37-25-15-14-23(30(20-25)36-3)21-38-32(35)17-13-22-12-16-29-27(19-22)26-9-6-7-10-28(26)39-29;9-7-3-1-6(2-4-7)5-8(10)11;1-3-2;2*1-2/h6-7,9-10,12,14-16,19-20,24H,4-5,8,11,13,17-18,21H2,1-3H3,(H,33,34);1-4H,5,9H2,(H,10,11);3H,1H2,2H3;2*1-2H3. The molecule has 4 aromatic carbocycles. The summed E-state index contributed by atoms with van der Waals surface area (Å²) in [6.45, 7) is 17.9. The van der Waals surface area contributed by atoms with Crippen LogP contribution in [0.1, 0.15) is 97.3 Å². The zero-order valence-corrected chi connectivity index (χ0v) is 36.1. The Kier molecular flexibility index (Phi) is 25.4. The van der Waals surface area contributed by atoms with Crippen LogP contribution in [0.5, 0.6) is 11.5 Å². The minimum atomic E-state index is -0.277. The molecule has 0 unspecified atom stereocenters. The van der Waals surface area contributed by atoms with Gasteiger partial charge in [-0.1, -0.05) is 84.0 Å². The number of ether oxygens (including phenoxy) is 3. The highest BCUT2D eigenvalue weighted by molar-refractivity contribution is 7.96. The second-order valence-electron chi connectivity index (χ2n) is 12.3. The van der Waals surface area contributed by atoms with Gasteiger partial charge in [-0.15, -0.1) is 19.2 Å². The second-order valence-corrected chi connectivity index (χ2v) is 12.8. The Balaban J connectivity index is 0.000000754. The number of hydrogen-bond acceptors (Lipinski definition) is 8. The van der Waals surface area contributed by atoms with Gasteiger partial charge in [0.1, 0.15) is 29.3 Å². The molecule has 1 amide bonds. The molecule has 310 valence electrons. The number of amides is 1. The van der Waals surface area contributed by atoms with E-state index in [0.717, 1.165) is 51.5 Å². The van der Waals surface area contributed by atoms with Crippen LogP contribution in [0.15, 0.2) is 102 Å². The van der Waals surface area contributed by atoms with Crippen LogP contribution in [0.4, 0.5) is 5.69 Å². The van der Waals surface area contributed by atoms with Crippen molar-refractivity contribution < 1.29 is 33.0 Å². The number of nitrogens with one attached hydrogen (secondary N) is 1. The Morgan fingerprint density at radius 1 is 0.860 bits per heavy atom. The molecule has 0 saturated heterocycles. The van der Waals surface area contributed by atoms with Crippen LogP contribution in [0, 0.1) is 0 Å². The number of carbonyl (C=O) groups excluding carboxylic acids is 3. The fourth-order valence-electron chi connectivity index (χ4n) is 5.36. The van der Waals surface area contributed by atoms with E-state index >= 15 is 0 Å². The Labute approximate surface area is 345 Å². The molecule has 0 aliphatic carbocycles. The summed E-state index contributed by atoms with van der Waals surface area (Å²) in [5, 5.41) is 5.02. The lowest BCUT2D eigenvalue weighted by atomic mass is 10.1. The van der Waals surface area contributed by atoms with Crippen LogP contribution in [0.2, 0.25) is 0 Å². The van der Waals surface area contributed by atoms with E-state index in [0.29, 0.717) is 49.5 Å². The first-order valence-corrected chi connectivity index (χ1v) is 20.3. The van der Waals surface area contributed by atoms with Crippen molar-refractivity contribution in [2.75, 3.05) is 19.5 Å². The minimum Gasteiger partial charge on any atom is -0.496 e. The number of furan rings is 1. The quantitative estimate of drug-likeness (QED) is 0.0296. The monoisotopic (exact) mass is 800 g/mol. The number of rotatable bonds is 16. The third-order valence-electron chi connectivity index (χ3n) is 8.21. The number of nitrogens with two attached hydrogens (primary N) is 1. The molecule has 0 radical (unpaired) electrons. The van der Waals surface area contributed by atoms with Crippen molar-refractivity contribution in [1.82, 2.24) is 5.32 Å². The van der Waals surface area contributed by atoms with E-state index in [2.05, 4.69) is 44.4 Å². The molecule has 0 fully saturated rings. The van der Waals surface area contributed by atoms with Gasteiger partial charge in [0.25, 0.3) is 0 Å². The summed E-state index contributed by atoms with van der Waals surface area (Å²) in [7, 11) is 1.57. The normalized spacial score (nSPS) is 9.93. The van der Waals surface area contributed by atoms with Gasteiger partial charge in [0.05, 0.1) is 13.7 Å². The molecule has 1 aromatic heterocycles. The number of hydrogen-bond donors (Lipinski definition) is 3. The number of thiol groups is 1. The highest BCUT2D eigenvalue weighted by Crippen LogP contribution is 2.30. The first kappa shape index (κ1) is 49.8. The van der Waals surface area contributed by atoms with Gasteiger partial charge in [0.15, 0.2) is 5.12 Å². The first-order valence-electron chi connectivity index (χ1n) is 19.9. The molecule has 10 heteroatoms. The first-order chi connectivity index (χ1) is 27.6. The van der Waals surface area contributed by atoms with Gasteiger partial charge in [-0.3, -0.25) is 14.4 Å². The molecule has 0 saturated carbocycles. The van der Waals surface area contributed by atoms with Gasteiger partial charge in [0, 0.05) is 53.4 Å². The van der Waals surface area contributed by atoms with E-state index in [4.69, 9.17) is 24.4 Å². The second kappa shape index (κ2) is 29.1. The number of anilines is 1. The lowest BCUT2D eigenvalue weighted by Crippen LogP contribution is -2.33. The minimum absolute atomic E-state index is 0.0533. The molecule has 0 aliphatic rings. The lowest BCUT2D eigenvalue weighted by Gasteiger charge is -2.15. The summed E-state index contributed by atoms with van der Waals surface area (Å²) >= 11 is 3.67. The van der Waals surface area contributed by atoms with Crippen molar-refractivity contribution in [3.63, 3.8) is 0 Å². The molecular weight excluding hydrogens is 737 g/mol. The summed E-state index contributed by atoms with van der Waals surface area (Å²) in [6, 6.07) is 26.8. The van der Waals surface area contributed by atoms with Crippen molar-refractivity contribution in [2.45, 2.75) is 106 Å². The van der Waals surface area contributed by atoms with Crippen molar-refractivity contribution in [3.05, 3.63) is 114 Å². The van der Waals surface area contributed by atoms with E-state index < -0.39 is 0 Å². The summed E-state index contributed by atoms with van der Waals surface area (Å²) < 4.78 is 22.7. The van der Waals surface area contributed by atoms with Crippen LogP contribution in [-0.2, 0) is 38.6 Å². The van der Waals surface area contributed by atoms with Crippen LogP contribution < -0.4 is 20.5 Å². The van der Waals surface area contributed by atoms with Crippen LogP contribution in [0.3, 0.4) is 0 Å². The molecule has 3 N–H and O–H groups in total. The molecule has 9 nitrogen and oxygen atoms in total. The number of esters is 1. The Morgan fingerprint density at radius 2 is 1.49 bits per heavy atom. The Hall–Kier alpha value is -5.22. The van der Waals surface area contributed by atoms with Gasteiger partial charge in [-0.2, -0.15) is 0 Å². The highest BCUT2D eigenvalue weighted by Gasteiger charge is 2.12. The Bertz CT molecular complexity index is 1920. The molecule has 0 aliphatic heterocycles. The zero-order chi connectivity index (χ0) is 42.6. The van der Waals surface area contributed by atoms with E-state index in [1.54, 1.807) is 31.4 Å². The molecule has 0 spiro atoms. The molecule has 57 heavy (non-hydrogen) atoms. The molecule has 5 rings (SSSR count). The largest absolute Gasteiger partial charge is 0.496 e. The van der Waals surface area contributed by atoms with E-state index in [1.165, 1.54) is 0 Å². The van der Waals surface area contributed by atoms with Crippen LogP contribution in [0.25, 0.3) is 21.9 Å². The number of nitrogen functional groups attached to an aromatic ring is 1. The number of allylic oxidation sites excluding steroid dienone is 1. The zero-order valence-electron chi connectivity index (χ0n) is 35.2. The molecule has 0 atom stereocenters. The average Bonchev–Trinajstić information content (AvgIpc) is 3.61. The van der Waals surface area contributed by atoms with Gasteiger partial charge >= 0.3 is 5.97 Å². The third-order valence-corrected chi connectivity index (χ3v) is 8.37. The maximum Gasteiger partial charge on any atom is 0.306 e. The van der Waals surface area contributed by atoms with Crippen molar-refractivity contribution in [2.24, 2.45) is 0 Å². The fraction of sp³-hybridized carbons (Fsp3) is 0.383. The summed E-state index contributed by atoms with van der Waals surface area (Å²) in [6.07, 6.45) is 5.87. The maximum atomic E-state index is 12.5. The summed E-state index contributed by atoms with van der Waals surface area (Å²) in [5.74, 6) is 1.01. The average molecular weight is 801 g/mol. The molecule has 5 aromatic rings. The van der Waals surface area contributed by atoms with Crippen molar-refractivity contribution in [1.29, 1.82) is 0 Å². The molecular formula is C47H64N2O7S. The maximum absolute atomic E-state index is 12.5. The van der Waals surface area contributed by atoms with Gasteiger partial charge < -0.3 is 29.7 Å². The van der Waals surface area contributed by atoms with Gasteiger partial charge in [-0.05, 0) is 86.2 Å². The third kappa shape index (κ3) is 18.5. The van der Waals surface area contributed by atoms with E-state index in [-0.39, 0.29) is 36.1 Å². The predicted octanol–water partition coefficient (Wildman–Crippen LogP) is 11.2. The van der Waals surface area contributed by atoms with E-state index in [1.807, 2.05) is 95.3 Å². The SMILES string of the molecule is C=CC.CC.CC.CCC(CC)NC(=O)CCCOc1ccc(COC(=O)CCc2ccc3oc4ccccc4c3c2)c(OC)c1.Nc1ccc(CC(=O)S)cc1. The van der Waals surface area contributed by atoms with Crippen molar-refractivity contribution in [3.8, 4) is 11.5 Å².